The first-order valence-electron chi connectivity index (χ1n) is 6.74. The van der Waals surface area contributed by atoms with Crippen molar-refractivity contribution in [3.05, 3.63) is 0 Å². The molecular weight excluding hydrogens is 248 g/mol. The van der Waals surface area contributed by atoms with Crippen molar-refractivity contribution in [1.82, 2.24) is 9.80 Å². The summed E-state index contributed by atoms with van der Waals surface area (Å²) >= 11 is 0. The summed E-state index contributed by atoms with van der Waals surface area (Å²) in [6.45, 7) is 7.79. The average Bonchev–Trinajstić information content (AvgIpc) is 2.56. The summed E-state index contributed by atoms with van der Waals surface area (Å²) in [5.74, 6) is -0.950. The Morgan fingerprint density at radius 3 is 2.32 bits per heavy atom. The van der Waals surface area contributed by atoms with Crippen LogP contribution in [-0.4, -0.2) is 64.3 Å². The van der Waals surface area contributed by atoms with Gasteiger partial charge in [0.25, 0.3) is 0 Å². The third kappa shape index (κ3) is 3.18. The number of rotatable bonds is 2. The van der Waals surface area contributed by atoms with Crippen molar-refractivity contribution in [3.8, 4) is 0 Å². The van der Waals surface area contributed by atoms with Crippen molar-refractivity contribution in [2.45, 2.75) is 51.3 Å². The minimum atomic E-state index is -0.950. The molecule has 2 fully saturated rings. The van der Waals surface area contributed by atoms with Crippen molar-refractivity contribution < 1.29 is 19.4 Å². The van der Waals surface area contributed by atoms with Gasteiger partial charge in [-0.1, -0.05) is 0 Å². The van der Waals surface area contributed by atoms with Crippen molar-refractivity contribution in [2.75, 3.05) is 19.6 Å². The first-order valence-corrected chi connectivity index (χ1v) is 6.74. The largest absolute Gasteiger partial charge is 0.480 e. The molecule has 0 aliphatic carbocycles. The van der Waals surface area contributed by atoms with Gasteiger partial charge in [-0.05, 0) is 46.7 Å². The Morgan fingerprint density at radius 1 is 1.26 bits per heavy atom. The van der Waals surface area contributed by atoms with Gasteiger partial charge < -0.3 is 9.84 Å². The van der Waals surface area contributed by atoms with Gasteiger partial charge in [-0.2, -0.15) is 0 Å². The molecular formula is C13H22N2O4. The normalized spacial score (nSPS) is 28.1. The van der Waals surface area contributed by atoms with E-state index in [2.05, 4.69) is 4.90 Å². The molecule has 2 heterocycles. The Kier molecular flexibility index (Phi) is 3.71. The molecule has 0 bridgehead atoms. The van der Waals surface area contributed by atoms with Gasteiger partial charge in [-0.25, -0.2) is 9.59 Å². The monoisotopic (exact) mass is 270 g/mol. The lowest BCUT2D eigenvalue weighted by Crippen LogP contribution is -2.47. The smallest absolute Gasteiger partial charge is 0.411 e. The number of nitrogens with zero attached hydrogens (tertiary/aromatic N) is 2. The highest BCUT2D eigenvalue weighted by atomic mass is 16.6. The summed E-state index contributed by atoms with van der Waals surface area (Å²) < 4.78 is 5.29. The molecule has 0 aromatic rings. The molecule has 0 unspecified atom stereocenters. The lowest BCUT2D eigenvalue weighted by atomic mass is 10.1. The molecule has 6 heteroatoms. The van der Waals surface area contributed by atoms with E-state index in [4.69, 9.17) is 4.74 Å². The predicted octanol–water partition coefficient (Wildman–Crippen LogP) is 1.15. The second-order valence-corrected chi connectivity index (χ2v) is 6.27. The summed E-state index contributed by atoms with van der Waals surface area (Å²) in [7, 11) is 0. The van der Waals surface area contributed by atoms with Gasteiger partial charge in [0.2, 0.25) is 0 Å². The maximum absolute atomic E-state index is 12.1. The number of aliphatic carboxylic acids is 1. The second-order valence-electron chi connectivity index (χ2n) is 6.27. The van der Waals surface area contributed by atoms with E-state index in [1.165, 1.54) is 4.90 Å². The number of hydrogen-bond donors (Lipinski definition) is 1. The van der Waals surface area contributed by atoms with Gasteiger partial charge in [0.05, 0.1) is 0 Å². The fourth-order valence-corrected chi connectivity index (χ4v) is 2.54. The zero-order valence-corrected chi connectivity index (χ0v) is 11.8. The molecule has 0 aromatic carbocycles. The quantitative estimate of drug-likeness (QED) is 0.815. The third-order valence-corrected chi connectivity index (χ3v) is 3.60. The second kappa shape index (κ2) is 5.00. The molecule has 2 rings (SSSR count). The summed E-state index contributed by atoms with van der Waals surface area (Å²) in [6.07, 6.45) is 1.12. The number of ether oxygens (including phenoxy) is 1. The standard InChI is InChI=1S/C13H22N2O4/c1-13(2,3)19-12(18)15-8-9(14-5-4-6-14)7-10(15)11(16)17/h9-10H,4-8H2,1-3H3,(H,16,17)/t9-,10+/m1/s1. The number of amides is 1. The first kappa shape index (κ1) is 14.1. The van der Waals surface area contributed by atoms with Crippen molar-refractivity contribution in [1.29, 1.82) is 0 Å². The van der Waals surface area contributed by atoms with E-state index in [9.17, 15) is 14.7 Å². The van der Waals surface area contributed by atoms with Crippen LogP contribution in [0.3, 0.4) is 0 Å². The molecule has 0 spiro atoms. The summed E-state index contributed by atoms with van der Waals surface area (Å²) in [5.41, 5.74) is -0.602. The maximum Gasteiger partial charge on any atom is 0.411 e. The Labute approximate surface area is 113 Å². The minimum Gasteiger partial charge on any atom is -0.480 e. The van der Waals surface area contributed by atoms with Crippen molar-refractivity contribution in [3.63, 3.8) is 0 Å². The fourth-order valence-electron chi connectivity index (χ4n) is 2.54. The van der Waals surface area contributed by atoms with Crippen LogP contribution in [0.5, 0.6) is 0 Å². The van der Waals surface area contributed by atoms with E-state index >= 15 is 0 Å². The Hall–Kier alpha value is -1.30. The summed E-state index contributed by atoms with van der Waals surface area (Å²) in [5, 5.41) is 9.25. The van der Waals surface area contributed by atoms with E-state index in [0.29, 0.717) is 13.0 Å². The van der Waals surface area contributed by atoms with Gasteiger partial charge in [-0.15, -0.1) is 0 Å². The number of carboxylic acids is 1. The van der Waals surface area contributed by atoms with Crippen LogP contribution in [0.2, 0.25) is 0 Å². The van der Waals surface area contributed by atoms with E-state index in [-0.39, 0.29) is 6.04 Å². The van der Waals surface area contributed by atoms with E-state index in [1.807, 2.05) is 0 Å². The maximum atomic E-state index is 12.1. The van der Waals surface area contributed by atoms with Gasteiger partial charge in [0.15, 0.2) is 0 Å². The van der Waals surface area contributed by atoms with E-state index < -0.39 is 23.7 Å². The van der Waals surface area contributed by atoms with Gasteiger partial charge in [0, 0.05) is 12.6 Å². The Morgan fingerprint density at radius 2 is 1.89 bits per heavy atom. The van der Waals surface area contributed by atoms with Crippen LogP contribution in [0, 0.1) is 0 Å². The number of hydrogen-bond acceptors (Lipinski definition) is 4. The lowest BCUT2D eigenvalue weighted by molar-refractivity contribution is -0.142. The van der Waals surface area contributed by atoms with E-state index in [1.54, 1.807) is 20.8 Å². The predicted molar refractivity (Wildman–Crippen MR) is 69.0 cm³/mol. The number of carboxylic acid groups (broad SMARTS) is 1. The van der Waals surface area contributed by atoms with Crippen LogP contribution < -0.4 is 0 Å². The van der Waals surface area contributed by atoms with Crippen LogP contribution >= 0.6 is 0 Å². The molecule has 2 saturated heterocycles. The third-order valence-electron chi connectivity index (χ3n) is 3.60. The highest BCUT2D eigenvalue weighted by Crippen LogP contribution is 2.27. The van der Waals surface area contributed by atoms with E-state index in [0.717, 1.165) is 19.5 Å². The number of carbonyl (C=O) groups excluding carboxylic acids is 1. The molecule has 0 radical (unpaired) electrons. The average molecular weight is 270 g/mol. The molecule has 2 aliphatic heterocycles. The molecule has 2 atom stereocenters. The number of carbonyl (C=O) groups is 2. The van der Waals surface area contributed by atoms with Crippen LogP contribution in [-0.2, 0) is 9.53 Å². The zero-order valence-electron chi connectivity index (χ0n) is 11.8. The minimum absolute atomic E-state index is 0.155. The molecule has 19 heavy (non-hydrogen) atoms. The van der Waals surface area contributed by atoms with Crippen LogP contribution in [0.1, 0.15) is 33.6 Å². The summed E-state index contributed by atoms with van der Waals surface area (Å²) in [4.78, 5) is 27.0. The molecule has 1 amide bonds. The molecule has 0 aromatic heterocycles. The van der Waals surface area contributed by atoms with Gasteiger partial charge >= 0.3 is 12.1 Å². The first-order chi connectivity index (χ1) is 8.78. The molecule has 2 aliphatic rings. The van der Waals surface area contributed by atoms with Crippen LogP contribution in [0.4, 0.5) is 4.79 Å². The topological polar surface area (TPSA) is 70.1 Å². The highest BCUT2D eigenvalue weighted by molar-refractivity contribution is 5.81. The summed E-state index contributed by atoms with van der Waals surface area (Å²) in [6, 6.07) is -0.609. The molecule has 6 nitrogen and oxygen atoms in total. The van der Waals surface area contributed by atoms with Crippen LogP contribution in [0.25, 0.3) is 0 Å². The van der Waals surface area contributed by atoms with Gasteiger partial charge in [0.1, 0.15) is 11.6 Å². The zero-order chi connectivity index (χ0) is 14.2. The van der Waals surface area contributed by atoms with Crippen molar-refractivity contribution >= 4 is 12.1 Å². The molecule has 108 valence electrons. The highest BCUT2D eigenvalue weighted by Gasteiger charge is 2.44. The molecule has 0 saturated carbocycles. The molecule has 1 N–H and O–H groups in total. The lowest BCUT2D eigenvalue weighted by Gasteiger charge is -2.36. The Balaban J connectivity index is 2.04. The Bertz CT molecular complexity index is 373. The van der Waals surface area contributed by atoms with Gasteiger partial charge in [-0.3, -0.25) is 9.80 Å². The van der Waals surface area contributed by atoms with Crippen LogP contribution in [0.15, 0.2) is 0 Å². The number of likely N-dealkylation sites (tertiary alicyclic amines) is 2. The van der Waals surface area contributed by atoms with Crippen molar-refractivity contribution in [2.24, 2.45) is 0 Å². The SMILES string of the molecule is CC(C)(C)OC(=O)N1C[C@H](N2CCC2)C[C@H]1C(=O)O. The fraction of sp³-hybridized carbons (Fsp3) is 0.846.